The van der Waals surface area contributed by atoms with Crippen molar-refractivity contribution in [2.24, 2.45) is 18.7 Å². The number of aromatic nitrogens is 3. The largest absolute Gasteiger partial charge is 0.355 e. The second-order valence-corrected chi connectivity index (χ2v) is 8.06. The molecule has 2 unspecified atom stereocenters. The zero-order valence-corrected chi connectivity index (χ0v) is 18.6. The molecule has 0 aliphatic heterocycles. The zero-order chi connectivity index (χ0) is 23.4. The average molecular weight is 444 g/mol. The van der Waals surface area contributed by atoms with Crippen LogP contribution in [0.15, 0.2) is 83.9 Å². The Balaban J connectivity index is 1.70. The molecule has 168 valence electrons. The molecule has 6 nitrogen and oxygen atoms in total. The van der Waals surface area contributed by atoms with Crippen molar-refractivity contribution < 1.29 is 4.39 Å². The standard InChI is InChI=1S/C26H26FN5O/c1-17(23(28)19-6-4-3-5-7-19)16-30-26-31-24(20-12-14-29-15-13-20)22(25(33)32(26)2)18-8-10-21(27)11-9-18/h3-15,17,23H,16,28H2,1-2H3,(H,30,31). The van der Waals surface area contributed by atoms with Crippen LogP contribution in [0, 0.1) is 11.7 Å². The highest BCUT2D eigenvalue weighted by Crippen LogP contribution is 2.29. The second kappa shape index (κ2) is 9.75. The predicted molar refractivity (Wildman–Crippen MR) is 129 cm³/mol. The average Bonchev–Trinajstić information content (AvgIpc) is 2.86. The summed E-state index contributed by atoms with van der Waals surface area (Å²) < 4.78 is 15.0. The Morgan fingerprint density at radius 1 is 1.00 bits per heavy atom. The number of pyridine rings is 1. The van der Waals surface area contributed by atoms with Gasteiger partial charge >= 0.3 is 0 Å². The van der Waals surface area contributed by atoms with Gasteiger partial charge in [-0.3, -0.25) is 14.3 Å². The molecular formula is C26H26FN5O. The van der Waals surface area contributed by atoms with E-state index in [-0.39, 0.29) is 23.3 Å². The van der Waals surface area contributed by atoms with Gasteiger partial charge in [-0.05, 0) is 41.3 Å². The van der Waals surface area contributed by atoms with E-state index < -0.39 is 0 Å². The Morgan fingerprint density at radius 3 is 2.33 bits per heavy atom. The molecule has 0 bridgehead atoms. The fraction of sp³-hybridized carbons (Fsp3) is 0.192. The summed E-state index contributed by atoms with van der Waals surface area (Å²) >= 11 is 0. The van der Waals surface area contributed by atoms with Gasteiger partial charge in [0.25, 0.3) is 5.56 Å². The van der Waals surface area contributed by atoms with E-state index in [1.54, 1.807) is 43.7 Å². The second-order valence-electron chi connectivity index (χ2n) is 8.06. The van der Waals surface area contributed by atoms with E-state index in [9.17, 15) is 9.18 Å². The number of nitrogens with zero attached hydrogens (tertiary/aromatic N) is 3. The van der Waals surface area contributed by atoms with Crippen molar-refractivity contribution in [2.45, 2.75) is 13.0 Å². The lowest BCUT2D eigenvalue weighted by Gasteiger charge is -2.22. The van der Waals surface area contributed by atoms with Gasteiger partial charge in [0.2, 0.25) is 5.95 Å². The van der Waals surface area contributed by atoms with Gasteiger partial charge in [-0.1, -0.05) is 49.4 Å². The first-order valence-corrected chi connectivity index (χ1v) is 10.8. The summed E-state index contributed by atoms with van der Waals surface area (Å²) in [5.41, 5.74) is 9.52. The van der Waals surface area contributed by atoms with Crippen LogP contribution in [0.25, 0.3) is 22.4 Å². The molecule has 0 saturated heterocycles. The number of hydrogen-bond donors (Lipinski definition) is 2. The van der Waals surface area contributed by atoms with Crippen LogP contribution in [0.5, 0.6) is 0 Å². The van der Waals surface area contributed by atoms with Crippen LogP contribution in [0.2, 0.25) is 0 Å². The monoisotopic (exact) mass is 443 g/mol. The molecule has 0 aliphatic rings. The maximum atomic E-state index is 13.5. The van der Waals surface area contributed by atoms with E-state index in [0.29, 0.717) is 29.3 Å². The first-order chi connectivity index (χ1) is 16.0. The SMILES string of the molecule is CC(CNc1nc(-c2ccncc2)c(-c2ccc(F)cc2)c(=O)n1C)C(N)c1ccccc1. The Hall–Kier alpha value is -3.84. The van der Waals surface area contributed by atoms with Crippen molar-refractivity contribution in [3.63, 3.8) is 0 Å². The van der Waals surface area contributed by atoms with E-state index >= 15 is 0 Å². The highest BCUT2D eigenvalue weighted by molar-refractivity contribution is 5.80. The Bertz CT molecular complexity index is 1270. The smallest absolute Gasteiger partial charge is 0.263 e. The predicted octanol–water partition coefficient (Wildman–Crippen LogP) is 4.40. The van der Waals surface area contributed by atoms with Crippen LogP contribution in [0.1, 0.15) is 18.5 Å². The Morgan fingerprint density at radius 2 is 1.67 bits per heavy atom. The van der Waals surface area contributed by atoms with Gasteiger partial charge in [0.15, 0.2) is 0 Å². The van der Waals surface area contributed by atoms with E-state index in [1.165, 1.54) is 16.7 Å². The molecule has 0 radical (unpaired) electrons. The molecule has 2 aromatic carbocycles. The fourth-order valence-corrected chi connectivity index (χ4v) is 3.74. The molecule has 0 amide bonds. The van der Waals surface area contributed by atoms with Crippen LogP contribution in [-0.2, 0) is 7.05 Å². The molecule has 0 aliphatic carbocycles. The lowest BCUT2D eigenvalue weighted by Crippen LogP contribution is -2.29. The van der Waals surface area contributed by atoms with Crippen molar-refractivity contribution >= 4 is 5.95 Å². The van der Waals surface area contributed by atoms with Crippen molar-refractivity contribution in [1.82, 2.24) is 14.5 Å². The van der Waals surface area contributed by atoms with E-state index in [0.717, 1.165) is 11.1 Å². The van der Waals surface area contributed by atoms with Gasteiger partial charge in [0, 0.05) is 37.6 Å². The number of halogens is 1. The number of rotatable bonds is 7. The first kappa shape index (κ1) is 22.4. The van der Waals surface area contributed by atoms with Crippen molar-refractivity contribution in [3.05, 3.63) is 101 Å². The van der Waals surface area contributed by atoms with Gasteiger partial charge in [-0.25, -0.2) is 9.37 Å². The third kappa shape index (κ3) is 4.83. The summed E-state index contributed by atoms with van der Waals surface area (Å²) in [7, 11) is 1.67. The summed E-state index contributed by atoms with van der Waals surface area (Å²) in [6.45, 7) is 2.58. The summed E-state index contributed by atoms with van der Waals surface area (Å²) in [4.78, 5) is 22.3. The van der Waals surface area contributed by atoms with Gasteiger partial charge < -0.3 is 11.1 Å². The molecule has 0 saturated carbocycles. The van der Waals surface area contributed by atoms with E-state index in [2.05, 4.69) is 17.2 Å². The molecule has 4 rings (SSSR count). The maximum absolute atomic E-state index is 13.5. The zero-order valence-electron chi connectivity index (χ0n) is 18.6. The van der Waals surface area contributed by atoms with Gasteiger partial charge in [-0.2, -0.15) is 0 Å². The lowest BCUT2D eigenvalue weighted by molar-refractivity contribution is 0.491. The van der Waals surface area contributed by atoms with Crippen LogP contribution < -0.4 is 16.6 Å². The molecular weight excluding hydrogens is 417 g/mol. The van der Waals surface area contributed by atoms with Crippen LogP contribution in [-0.4, -0.2) is 21.1 Å². The number of benzene rings is 2. The topological polar surface area (TPSA) is 85.8 Å². The quantitative estimate of drug-likeness (QED) is 0.442. The number of nitrogens with two attached hydrogens (primary N) is 1. The van der Waals surface area contributed by atoms with Crippen molar-refractivity contribution in [1.29, 1.82) is 0 Å². The van der Waals surface area contributed by atoms with Gasteiger partial charge in [-0.15, -0.1) is 0 Å². The van der Waals surface area contributed by atoms with Crippen molar-refractivity contribution in [3.8, 4) is 22.4 Å². The summed E-state index contributed by atoms with van der Waals surface area (Å²) in [5, 5.41) is 3.30. The van der Waals surface area contributed by atoms with Crippen LogP contribution in [0.3, 0.4) is 0 Å². The molecule has 0 fully saturated rings. The summed E-state index contributed by atoms with van der Waals surface area (Å²) in [5.74, 6) is 0.159. The molecule has 4 aromatic rings. The first-order valence-electron chi connectivity index (χ1n) is 10.8. The highest BCUT2D eigenvalue weighted by Gasteiger charge is 2.20. The molecule has 7 heteroatoms. The molecule has 3 N–H and O–H groups in total. The normalized spacial score (nSPS) is 12.8. The van der Waals surface area contributed by atoms with E-state index in [4.69, 9.17) is 10.7 Å². The Labute approximate surface area is 192 Å². The minimum atomic E-state index is -0.365. The molecule has 0 spiro atoms. The molecule has 2 aromatic heterocycles. The van der Waals surface area contributed by atoms with Crippen LogP contribution in [0.4, 0.5) is 10.3 Å². The number of nitrogens with one attached hydrogen (secondary N) is 1. The van der Waals surface area contributed by atoms with E-state index in [1.807, 2.05) is 30.3 Å². The molecule has 2 heterocycles. The summed E-state index contributed by atoms with van der Waals surface area (Å²) in [6.07, 6.45) is 3.30. The number of anilines is 1. The Kier molecular flexibility index (Phi) is 6.60. The van der Waals surface area contributed by atoms with Crippen molar-refractivity contribution in [2.75, 3.05) is 11.9 Å². The summed E-state index contributed by atoms with van der Waals surface area (Å²) in [6, 6.07) is 19.2. The minimum absolute atomic E-state index is 0.0884. The van der Waals surface area contributed by atoms with Gasteiger partial charge in [0.1, 0.15) is 5.82 Å². The fourth-order valence-electron chi connectivity index (χ4n) is 3.74. The lowest BCUT2D eigenvalue weighted by atomic mass is 9.95. The third-order valence-corrected chi connectivity index (χ3v) is 5.76. The third-order valence-electron chi connectivity index (χ3n) is 5.76. The number of hydrogen-bond acceptors (Lipinski definition) is 5. The molecule has 2 atom stereocenters. The maximum Gasteiger partial charge on any atom is 0.263 e. The highest BCUT2D eigenvalue weighted by atomic mass is 19.1. The van der Waals surface area contributed by atoms with Crippen LogP contribution >= 0.6 is 0 Å². The minimum Gasteiger partial charge on any atom is -0.355 e. The van der Waals surface area contributed by atoms with Gasteiger partial charge in [0.05, 0.1) is 11.3 Å². The molecule has 33 heavy (non-hydrogen) atoms.